The van der Waals surface area contributed by atoms with Gasteiger partial charge in [0.25, 0.3) is 0 Å². The largest absolute Gasteiger partial charge is 0.497 e. The summed E-state index contributed by atoms with van der Waals surface area (Å²) < 4.78 is 55.5. The number of benzene rings is 5. The van der Waals surface area contributed by atoms with Crippen molar-refractivity contribution in [2.24, 2.45) is 11.8 Å². The Kier molecular flexibility index (Phi) is 6.09. The van der Waals surface area contributed by atoms with E-state index in [1.54, 1.807) is 27.4 Å². The highest BCUT2D eigenvalue weighted by atomic mass is 19.1. The summed E-state index contributed by atoms with van der Waals surface area (Å²) in [6, 6.07) is 24.4. The van der Waals surface area contributed by atoms with E-state index in [1.807, 2.05) is 66.7 Å². The quantitative estimate of drug-likeness (QED) is 0.194. The van der Waals surface area contributed by atoms with Crippen molar-refractivity contribution in [1.82, 2.24) is 0 Å². The average Bonchev–Trinajstić information content (AvgIpc) is 3.80. The minimum atomic E-state index is -1.000. The highest BCUT2D eigenvalue weighted by Gasteiger charge is 2.60. The maximum atomic E-state index is 16.2. The van der Waals surface area contributed by atoms with Gasteiger partial charge in [0, 0.05) is 39.1 Å². The normalized spacial score (nSPS) is 22.6. The SMILES string of the molecule is COc1ccc(C2(c3ccc(OC)cc3)C=Cc3c4c(c5ccc(OC)cc5c3O2)-c2cc(F)cc(F)c2C42CC3CCC2C3)cc1. The van der Waals surface area contributed by atoms with E-state index >= 15 is 8.78 Å². The van der Waals surface area contributed by atoms with Crippen molar-refractivity contribution in [3.8, 4) is 34.1 Å². The molecule has 3 unspecified atom stereocenters. The molecule has 6 heteroatoms. The molecule has 2 saturated carbocycles. The summed E-state index contributed by atoms with van der Waals surface area (Å²) in [7, 11) is 4.95. The van der Waals surface area contributed by atoms with Gasteiger partial charge >= 0.3 is 0 Å². The molecule has 2 fully saturated rings. The second kappa shape index (κ2) is 10.1. The van der Waals surface area contributed by atoms with Gasteiger partial charge < -0.3 is 18.9 Å². The number of hydrogen-bond acceptors (Lipinski definition) is 4. The van der Waals surface area contributed by atoms with Crippen molar-refractivity contribution >= 4 is 16.8 Å². The standard InChI is InChI=1S/C41H34F2O4/c1-44-28-10-6-24(7-11-28)41(25-8-12-29(45-2)13-9-25)17-16-32-38-36(31-15-14-30(46-3)21-33(31)39(32)47-41)34-19-27(42)20-35(43)37(34)40(38)22-23-4-5-26(40)18-23/h6-17,19-21,23,26H,4-5,18,22H2,1-3H3. The number of halogens is 2. The Morgan fingerprint density at radius 2 is 1.38 bits per heavy atom. The van der Waals surface area contributed by atoms with Gasteiger partial charge in [0.2, 0.25) is 0 Å². The molecular weight excluding hydrogens is 594 g/mol. The van der Waals surface area contributed by atoms with E-state index in [4.69, 9.17) is 18.9 Å². The lowest BCUT2D eigenvalue weighted by atomic mass is 9.65. The first-order valence-electron chi connectivity index (χ1n) is 16.3. The highest BCUT2D eigenvalue weighted by Crippen LogP contribution is 2.69. The molecule has 0 amide bonds. The number of methoxy groups -OCH3 is 3. The molecule has 0 saturated heterocycles. The minimum absolute atomic E-state index is 0.274. The third-order valence-electron chi connectivity index (χ3n) is 11.4. The van der Waals surface area contributed by atoms with Gasteiger partial charge in [-0.15, -0.1) is 0 Å². The van der Waals surface area contributed by atoms with Crippen LogP contribution in [-0.2, 0) is 11.0 Å². The van der Waals surface area contributed by atoms with Gasteiger partial charge in [-0.2, -0.15) is 0 Å². The zero-order valence-corrected chi connectivity index (χ0v) is 26.5. The van der Waals surface area contributed by atoms with Crippen LogP contribution >= 0.6 is 0 Å². The van der Waals surface area contributed by atoms with E-state index in [2.05, 4.69) is 12.2 Å². The molecule has 0 aromatic heterocycles. The van der Waals surface area contributed by atoms with Gasteiger partial charge in [0.15, 0.2) is 5.60 Å². The van der Waals surface area contributed by atoms with Crippen LogP contribution < -0.4 is 18.9 Å². The molecule has 2 bridgehead atoms. The zero-order chi connectivity index (χ0) is 32.1. The molecular formula is C41H34F2O4. The first-order chi connectivity index (χ1) is 22.9. The second-order valence-electron chi connectivity index (χ2n) is 13.4. The highest BCUT2D eigenvalue weighted by molar-refractivity contribution is 6.09. The number of rotatable bonds is 5. The van der Waals surface area contributed by atoms with Crippen LogP contribution in [0, 0.1) is 23.5 Å². The first kappa shape index (κ1) is 28.4. The lowest BCUT2D eigenvalue weighted by Gasteiger charge is -2.41. The number of hydrogen-bond donors (Lipinski definition) is 0. The molecule has 236 valence electrons. The molecule has 3 aliphatic carbocycles. The molecule has 1 heterocycles. The van der Waals surface area contributed by atoms with Crippen LogP contribution in [0.4, 0.5) is 8.78 Å². The van der Waals surface area contributed by atoms with Crippen molar-refractivity contribution in [1.29, 1.82) is 0 Å². The molecule has 9 rings (SSSR count). The van der Waals surface area contributed by atoms with Gasteiger partial charge in [0.1, 0.15) is 34.6 Å². The molecule has 47 heavy (non-hydrogen) atoms. The fourth-order valence-corrected chi connectivity index (χ4v) is 9.44. The van der Waals surface area contributed by atoms with Gasteiger partial charge in [-0.25, -0.2) is 8.78 Å². The van der Waals surface area contributed by atoms with Crippen molar-refractivity contribution in [3.63, 3.8) is 0 Å². The van der Waals surface area contributed by atoms with E-state index in [0.717, 1.165) is 81.8 Å². The Bertz CT molecular complexity index is 2070. The lowest BCUT2D eigenvalue weighted by molar-refractivity contribution is 0.162. The molecule has 0 radical (unpaired) electrons. The predicted octanol–water partition coefficient (Wildman–Crippen LogP) is 9.58. The maximum absolute atomic E-state index is 16.2. The minimum Gasteiger partial charge on any atom is -0.497 e. The summed E-state index contributed by atoms with van der Waals surface area (Å²) in [5.41, 5.74) is 4.55. The summed E-state index contributed by atoms with van der Waals surface area (Å²) in [4.78, 5) is 0. The summed E-state index contributed by atoms with van der Waals surface area (Å²) in [6.07, 6.45) is 8.37. The first-order valence-corrected chi connectivity index (χ1v) is 16.3. The van der Waals surface area contributed by atoms with Crippen molar-refractivity contribution in [2.45, 2.75) is 36.7 Å². The fraction of sp³-hybridized carbons (Fsp3) is 0.268. The molecule has 0 N–H and O–H groups in total. The van der Waals surface area contributed by atoms with Crippen LogP contribution in [0.5, 0.6) is 23.0 Å². The molecule has 5 aromatic carbocycles. The molecule has 4 aliphatic rings. The Labute approximate surface area is 272 Å². The number of ether oxygens (including phenoxy) is 4. The topological polar surface area (TPSA) is 36.9 Å². The van der Waals surface area contributed by atoms with Gasteiger partial charge in [-0.1, -0.05) is 36.8 Å². The molecule has 1 spiro atoms. The Hall–Kier alpha value is -4.84. The molecule has 5 aromatic rings. The maximum Gasteiger partial charge on any atom is 0.178 e. The Morgan fingerprint density at radius 3 is 1.98 bits per heavy atom. The average molecular weight is 629 g/mol. The van der Waals surface area contributed by atoms with Gasteiger partial charge in [-0.3, -0.25) is 0 Å². The summed E-state index contributed by atoms with van der Waals surface area (Å²) in [5, 5.41) is 1.74. The second-order valence-corrected chi connectivity index (χ2v) is 13.4. The van der Waals surface area contributed by atoms with Crippen LogP contribution in [0.3, 0.4) is 0 Å². The van der Waals surface area contributed by atoms with Crippen LogP contribution in [0.2, 0.25) is 0 Å². The Balaban J connectivity index is 1.37. The lowest BCUT2D eigenvalue weighted by Crippen LogP contribution is -2.37. The van der Waals surface area contributed by atoms with Crippen LogP contribution in [0.1, 0.15) is 53.5 Å². The third kappa shape index (κ3) is 3.78. The van der Waals surface area contributed by atoms with Gasteiger partial charge in [0.05, 0.1) is 21.3 Å². The summed E-state index contributed by atoms with van der Waals surface area (Å²) >= 11 is 0. The number of fused-ring (bicyclic) bond motifs is 13. The van der Waals surface area contributed by atoms with Crippen molar-refractivity contribution < 1.29 is 27.7 Å². The van der Waals surface area contributed by atoms with Crippen molar-refractivity contribution in [3.05, 3.63) is 124 Å². The Morgan fingerprint density at radius 1 is 0.723 bits per heavy atom. The summed E-state index contributed by atoms with van der Waals surface area (Å²) in [5.74, 6) is 2.65. The third-order valence-corrected chi connectivity index (χ3v) is 11.4. The van der Waals surface area contributed by atoms with Crippen molar-refractivity contribution in [2.75, 3.05) is 21.3 Å². The van der Waals surface area contributed by atoms with E-state index in [1.165, 1.54) is 0 Å². The molecule has 1 aliphatic heterocycles. The van der Waals surface area contributed by atoms with Crippen LogP contribution in [-0.4, -0.2) is 21.3 Å². The van der Waals surface area contributed by atoms with E-state index in [0.29, 0.717) is 28.5 Å². The van der Waals surface area contributed by atoms with E-state index in [9.17, 15) is 0 Å². The smallest absolute Gasteiger partial charge is 0.178 e. The van der Waals surface area contributed by atoms with Crippen LogP contribution in [0.25, 0.3) is 28.0 Å². The summed E-state index contributed by atoms with van der Waals surface area (Å²) in [6.45, 7) is 0. The predicted molar refractivity (Wildman–Crippen MR) is 179 cm³/mol. The fourth-order valence-electron chi connectivity index (χ4n) is 9.44. The zero-order valence-electron chi connectivity index (χ0n) is 26.5. The van der Waals surface area contributed by atoms with Crippen LogP contribution in [0.15, 0.2) is 84.9 Å². The van der Waals surface area contributed by atoms with E-state index < -0.39 is 22.7 Å². The van der Waals surface area contributed by atoms with Gasteiger partial charge in [-0.05, 0) is 108 Å². The molecule has 4 nitrogen and oxygen atoms in total. The molecule has 3 atom stereocenters. The monoisotopic (exact) mass is 628 g/mol. The van der Waals surface area contributed by atoms with E-state index in [-0.39, 0.29) is 5.92 Å².